The number of hydrogen-bond donors (Lipinski definition) is 1. The number of alkyl halides is 3. The average molecular weight is 554 g/mol. The van der Waals surface area contributed by atoms with E-state index in [4.69, 9.17) is 14.7 Å². The van der Waals surface area contributed by atoms with Crippen LogP contribution in [0.5, 0.6) is 11.5 Å². The van der Waals surface area contributed by atoms with Crippen LogP contribution in [-0.2, 0) is 16.3 Å². The van der Waals surface area contributed by atoms with E-state index < -0.39 is 39.1 Å². The van der Waals surface area contributed by atoms with Gasteiger partial charge < -0.3 is 14.7 Å². The number of ether oxygens (including phenoxy) is 1. The zero-order valence-electron chi connectivity index (χ0n) is 19.8. The number of carbonyl (C=O) groups is 1. The van der Waals surface area contributed by atoms with Crippen LogP contribution in [0.4, 0.5) is 13.2 Å². The fraction of sp³-hybridized carbons (Fsp3) is 0.250. The molecule has 0 bridgehead atoms. The molecule has 1 unspecified atom stereocenters. The SMILES string of the molecule is CC(Oc1cc(-n2cnc3ccc(OS(=O)(=O)C(C)C)cc32)sc1C(N)=O)c1ccccc1C(F)(F)F. The van der Waals surface area contributed by atoms with Gasteiger partial charge in [0.05, 0.1) is 21.8 Å². The van der Waals surface area contributed by atoms with Crippen molar-refractivity contribution in [2.24, 2.45) is 5.73 Å². The smallest absolute Gasteiger partial charge is 0.416 e. The summed E-state index contributed by atoms with van der Waals surface area (Å²) in [5, 5.41) is -0.334. The molecule has 2 aromatic carbocycles. The molecule has 4 rings (SSSR count). The van der Waals surface area contributed by atoms with Gasteiger partial charge in [0, 0.05) is 17.7 Å². The molecule has 2 heterocycles. The Kier molecular flexibility index (Phi) is 6.95. The Morgan fingerprint density at radius 1 is 1.11 bits per heavy atom. The van der Waals surface area contributed by atoms with Crippen LogP contribution in [0.15, 0.2) is 54.9 Å². The van der Waals surface area contributed by atoms with Crippen molar-refractivity contribution in [1.82, 2.24) is 9.55 Å². The number of primary amides is 1. The van der Waals surface area contributed by atoms with Gasteiger partial charge in [-0.1, -0.05) is 18.2 Å². The third-order valence-electron chi connectivity index (χ3n) is 5.46. The molecule has 2 aromatic heterocycles. The number of imidazole rings is 1. The van der Waals surface area contributed by atoms with E-state index in [9.17, 15) is 26.4 Å². The summed E-state index contributed by atoms with van der Waals surface area (Å²) in [7, 11) is -3.84. The Hall–Kier alpha value is -3.58. The lowest BCUT2D eigenvalue weighted by Gasteiger charge is -2.19. The van der Waals surface area contributed by atoms with Crippen molar-refractivity contribution in [3.05, 3.63) is 70.9 Å². The molecule has 1 atom stereocenters. The standard InChI is InChI=1S/C24H22F3N3O5S2/c1-13(2)37(32,33)35-15-8-9-18-19(10-15)30(12-29-18)21-11-20(22(36-21)23(28)31)34-14(3)16-6-4-5-7-17(16)24(25,26)27/h4-14H,1-3H3,(H2,28,31). The van der Waals surface area contributed by atoms with Gasteiger partial charge in [-0.2, -0.15) is 21.6 Å². The molecule has 1 amide bonds. The van der Waals surface area contributed by atoms with Gasteiger partial charge in [0.25, 0.3) is 5.91 Å². The summed E-state index contributed by atoms with van der Waals surface area (Å²) in [4.78, 5) is 16.4. The van der Waals surface area contributed by atoms with Gasteiger partial charge in [-0.15, -0.1) is 11.3 Å². The van der Waals surface area contributed by atoms with Crippen LogP contribution in [0, 0.1) is 0 Å². The first-order valence-electron chi connectivity index (χ1n) is 10.9. The molecule has 4 aromatic rings. The third-order valence-corrected chi connectivity index (χ3v) is 8.17. The first-order valence-corrected chi connectivity index (χ1v) is 13.2. The predicted octanol–water partition coefficient (Wildman–Crippen LogP) is 5.46. The zero-order chi connectivity index (χ0) is 27.1. The maximum absolute atomic E-state index is 13.5. The molecule has 0 saturated heterocycles. The molecular formula is C24H22F3N3O5S2. The van der Waals surface area contributed by atoms with Gasteiger partial charge >= 0.3 is 16.3 Å². The Labute approximate surface area is 214 Å². The van der Waals surface area contributed by atoms with Crippen LogP contribution >= 0.6 is 11.3 Å². The number of thiophene rings is 1. The second-order valence-corrected chi connectivity index (χ2v) is 11.5. The van der Waals surface area contributed by atoms with Crippen molar-refractivity contribution in [2.45, 2.75) is 38.3 Å². The van der Waals surface area contributed by atoms with Crippen LogP contribution in [0.3, 0.4) is 0 Å². The molecule has 13 heteroatoms. The molecule has 2 N–H and O–H groups in total. The van der Waals surface area contributed by atoms with Crippen molar-refractivity contribution >= 4 is 38.4 Å². The van der Waals surface area contributed by atoms with Crippen molar-refractivity contribution in [2.75, 3.05) is 0 Å². The number of benzene rings is 2. The maximum atomic E-state index is 13.5. The lowest BCUT2D eigenvalue weighted by molar-refractivity contribution is -0.139. The maximum Gasteiger partial charge on any atom is 0.416 e. The second-order valence-electron chi connectivity index (χ2n) is 8.38. The third kappa shape index (κ3) is 5.42. The van der Waals surface area contributed by atoms with Gasteiger partial charge in [-0.25, -0.2) is 4.98 Å². The first-order chi connectivity index (χ1) is 17.3. The summed E-state index contributed by atoms with van der Waals surface area (Å²) in [6, 6.07) is 11.0. The normalized spacial score (nSPS) is 13.2. The largest absolute Gasteiger partial charge is 0.484 e. The Bertz CT molecular complexity index is 1580. The minimum atomic E-state index is -4.58. The van der Waals surface area contributed by atoms with E-state index >= 15 is 0 Å². The van der Waals surface area contributed by atoms with Crippen LogP contribution in [0.2, 0.25) is 0 Å². The van der Waals surface area contributed by atoms with E-state index in [-0.39, 0.29) is 21.9 Å². The van der Waals surface area contributed by atoms with E-state index in [1.54, 1.807) is 10.6 Å². The highest BCUT2D eigenvalue weighted by Gasteiger charge is 2.35. The number of halogens is 3. The number of nitrogens with two attached hydrogens (primary N) is 1. The van der Waals surface area contributed by atoms with E-state index in [0.29, 0.717) is 16.0 Å². The van der Waals surface area contributed by atoms with Gasteiger partial charge in [0.15, 0.2) is 0 Å². The van der Waals surface area contributed by atoms with Crippen LogP contribution < -0.4 is 14.7 Å². The molecule has 0 aliphatic heterocycles. The Morgan fingerprint density at radius 2 is 1.81 bits per heavy atom. The number of fused-ring (bicyclic) bond motifs is 1. The quantitative estimate of drug-likeness (QED) is 0.290. The lowest BCUT2D eigenvalue weighted by atomic mass is 10.0. The molecule has 0 aliphatic carbocycles. The highest BCUT2D eigenvalue weighted by atomic mass is 32.2. The van der Waals surface area contributed by atoms with E-state index in [1.165, 1.54) is 63.5 Å². The highest BCUT2D eigenvalue weighted by Crippen LogP contribution is 2.39. The fourth-order valence-electron chi connectivity index (χ4n) is 3.55. The predicted molar refractivity (Wildman–Crippen MR) is 133 cm³/mol. The van der Waals surface area contributed by atoms with Crippen molar-refractivity contribution in [3.63, 3.8) is 0 Å². The number of nitrogens with zero attached hydrogens (tertiary/aromatic N) is 2. The van der Waals surface area contributed by atoms with Crippen molar-refractivity contribution in [3.8, 4) is 16.5 Å². The van der Waals surface area contributed by atoms with E-state index in [0.717, 1.165) is 17.4 Å². The van der Waals surface area contributed by atoms with E-state index in [2.05, 4.69) is 4.98 Å². The minimum absolute atomic E-state index is 0.00276. The Balaban J connectivity index is 1.72. The van der Waals surface area contributed by atoms with Gasteiger partial charge in [0.2, 0.25) is 0 Å². The number of amides is 1. The molecule has 0 radical (unpaired) electrons. The van der Waals surface area contributed by atoms with Crippen molar-refractivity contribution < 1.29 is 35.3 Å². The summed E-state index contributed by atoms with van der Waals surface area (Å²) < 4.78 is 77.4. The fourth-order valence-corrected chi connectivity index (χ4v) is 5.04. The second kappa shape index (κ2) is 9.71. The van der Waals surface area contributed by atoms with Gasteiger partial charge in [0.1, 0.15) is 33.8 Å². The average Bonchev–Trinajstić information content (AvgIpc) is 3.42. The van der Waals surface area contributed by atoms with Crippen LogP contribution in [0.1, 0.15) is 47.7 Å². The monoisotopic (exact) mass is 553 g/mol. The van der Waals surface area contributed by atoms with Gasteiger partial charge in [-0.05, 0) is 39.0 Å². The minimum Gasteiger partial charge on any atom is -0.484 e. The summed E-state index contributed by atoms with van der Waals surface area (Å²) in [5.74, 6) is -0.740. The molecule has 0 saturated carbocycles. The number of carbonyl (C=O) groups excluding carboxylic acids is 1. The zero-order valence-corrected chi connectivity index (χ0v) is 21.4. The molecular weight excluding hydrogens is 531 g/mol. The Morgan fingerprint density at radius 3 is 2.46 bits per heavy atom. The number of rotatable bonds is 8. The lowest BCUT2D eigenvalue weighted by Crippen LogP contribution is -2.19. The molecule has 0 fully saturated rings. The molecule has 0 aliphatic rings. The molecule has 0 spiro atoms. The van der Waals surface area contributed by atoms with Gasteiger partial charge in [-0.3, -0.25) is 9.36 Å². The summed E-state index contributed by atoms with van der Waals surface area (Å²) in [5.41, 5.74) is 5.57. The van der Waals surface area contributed by atoms with E-state index in [1.807, 2.05) is 0 Å². The van der Waals surface area contributed by atoms with Crippen LogP contribution in [0.25, 0.3) is 16.0 Å². The summed E-state index contributed by atoms with van der Waals surface area (Å²) in [6.45, 7) is 4.42. The highest BCUT2D eigenvalue weighted by molar-refractivity contribution is 7.87. The van der Waals surface area contributed by atoms with Crippen LogP contribution in [-0.4, -0.2) is 29.1 Å². The number of hydrogen-bond acceptors (Lipinski definition) is 7. The molecule has 37 heavy (non-hydrogen) atoms. The summed E-state index contributed by atoms with van der Waals surface area (Å²) >= 11 is 0.953. The first kappa shape index (κ1) is 26.5. The van der Waals surface area contributed by atoms with Crippen molar-refractivity contribution in [1.29, 1.82) is 0 Å². The topological polar surface area (TPSA) is 114 Å². The molecule has 196 valence electrons. The summed E-state index contributed by atoms with van der Waals surface area (Å²) in [6.07, 6.45) is -4.19. The number of aromatic nitrogens is 2. The molecule has 8 nitrogen and oxygen atoms in total.